The first-order valence-electron chi connectivity index (χ1n) is 3.53. The molecule has 0 spiro atoms. The minimum atomic E-state index is -0.715. The maximum atomic E-state index is 10.4. The molecule has 4 nitrogen and oxygen atoms in total. The molecule has 0 heterocycles. The second kappa shape index (κ2) is 5.97. The van der Waals surface area contributed by atoms with Crippen molar-refractivity contribution >= 4 is 6.16 Å². The van der Waals surface area contributed by atoms with Crippen LogP contribution in [0.5, 0.6) is 0 Å². The molecule has 0 fully saturated rings. The van der Waals surface area contributed by atoms with Crippen molar-refractivity contribution in [3.8, 4) is 0 Å². The van der Waals surface area contributed by atoms with E-state index < -0.39 is 6.16 Å². The van der Waals surface area contributed by atoms with Crippen LogP contribution in [0.1, 0.15) is 20.3 Å². The van der Waals surface area contributed by atoms with Crippen molar-refractivity contribution in [2.45, 2.75) is 26.4 Å². The van der Waals surface area contributed by atoms with E-state index in [9.17, 15) is 4.79 Å². The maximum Gasteiger partial charge on any atom is 0.510 e. The normalized spacial score (nSPS) is 12.3. The van der Waals surface area contributed by atoms with Crippen LogP contribution >= 0.6 is 0 Å². The van der Waals surface area contributed by atoms with E-state index in [2.05, 4.69) is 9.47 Å². The fourth-order valence-corrected chi connectivity index (χ4v) is 0.375. The van der Waals surface area contributed by atoms with Crippen LogP contribution in [0.4, 0.5) is 4.79 Å². The molecule has 0 aromatic carbocycles. The van der Waals surface area contributed by atoms with Crippen LogP contribution in [0.2, 0.25) is 0 Å². The molecule has 0 saturated heterocycles. The third-order valence-electron chi connectivity index (χ3n) is 1.27. The van der Waals surface area contributed by atoms with Crippen LogP contribution in [-0.4, -0.2) is 26.2 Å². The highest BCUT2D eigenvalue weighted by atomic mass is 16.8. The Morgan fingerprint density at radius 2 is 2.18 bits per heavy atom. The lowest BCUT2D eigenvalue weighted by Gasteiger charge is -2.09. The SMILES string of the molecule is CCC(C)OCOC(=O)OC. The molecule has 0 N–H and O–H groups in total. The largest absolute Gasteiger partial charge is 0.510 e. The molecule has 1 atom stereocenters. The Bertz CT molecular complexity index is 113. The Balaban J connectivity index is 3.20. The van der Waals surface area contributed by atoms with Crippen LogP contribution in [0.25, 0.3) is 0 Å². The van der Waals surface area contributed by atoms with Crippen molar-refractivity contribution in [3.63, 3.8) is 0 Å². The Morgan fingerprint density at radius 3 is 2.64 bits per heavy atom. The molecule has 0 aromatic rings. The molecular formula is C7H14O4. The molecule has 1 unspecified atom stereocenters. The molecule has 4 heteroatoms. The number of hydrogen-bond acceptors (Lipinski definition) is 4. The average Bonchev–Trinajstić information content (AvgIpc) is 2.04. The topological polar surface area (TPSA) is 44.8 Å². The first-order chi connectivity index (χ1) is 5.20. The van der Waals surface area contributed by atoms with Crippen molar-refractivity contribution in [1.82, 2.24) is 0 Å². The summed E-state index contributed by atoms with van der Waals surface area (Å²) in [6.07, 6.45) is 0.290. The van der Waals surface area contributed by atoms with Gasteiger partial charge in [-0.25, -0.2) is 4.79 Å². The van der Waals surface area contributed by atoms with Gasteiger partial charge in [-0.05, 0) is 13.3 Å². The fourth-order valence-electron chi connectivity index (χ4n) is 0.375. The van der Waals surface area contributed by atoms with E-state index in [-0.39, 0.29) is 12.9 Å². The van der Waals surface area contributed by atoms with Crippen LogP contribution in [0.15, 0.2) is 0 Å². The van der Waals surface area contributed by atoms with E-state index in [0.29, 0.717) is 0 Å². The standard InChI is InChI=1S/C7H14O4/c1-4-6(2)10-5-11-7(8)9-3/h6H,4-5H2,1-3H3. The van der Waals surface area contributed by atoms with Gasteiger partial charge in [-0.3, -0.25) is 0 Å². The summed E-state index contributed by atoms with van der Waals surface area (Å²) in [5.74, 6) is 0. The predicted octanol–water partition coefficient (Wildman–Crippen LogP) is 1.54. The van der Waals surface area contributed by atoms with Crippen LogP contribution in [0, 0.1) is 0 Å². The van der Waals surface area contributed by atoms with Gasteiger partial charge in [0, 0.05) is 0 Å². The molecule has 66 valence electrons. The zero-order chi connectivity index (χ0) is 8.69. The van der Waals surface area contributed by atoms with Gasteiger partial charge in [0.15, 0.2) is 6.79 Å². The van der Waals surface area contributed by atoms with E-state index in [1.165, 1.54) is 7.11 Å². The van der Waals surface area contributed by atoms with Gasteiger partial charge in [0.05, 0.1) is 13.2 Å². The van der Waals surface area contributed by atoms with Gasteiger partial charge in [0.25, 0.3) is 0 Å². The summed E-state index contributed by atoms with van der Waals surface area (Å²) in [6.45, 7) is 3.85. The van der Waals surface area contributed by atoms with Gasteiger partial charge in [0.2, 0.25) is 0 Å². The van der Waals surface area contributed by atoms with Crippen molar-refractivity contribution in [3.05, 3.63) is 0 Å². The van der Waals surface area contributed by atoms with Gasteiger partial charge >= 0.3 is 6.16 Å². The van der Waals surface area contributed by atoms with Crippen LogP contribution in [0.3, 0.4) is 0 Å². The minimum absolute atomic E-state index is 0.0400. The molecule has 0 bridgehead atoms. The van der Waals surface area contributed by atoms with Crippen molar-refractivity contribution in [2.24, 2.45) is 0 Å². The number of hydrogen-bond donors (Lipinski definition) is 0. The molecule has 11 heavy (non-hydrogen) atoms. The highest BCUT2D eigenvalue weighted by Crippen LogP contribution is 1.95. The number of carbonyl (C=O) groups excluding carboxylic acids is 1. The average molecular weight is 162 g/mol. The summed E-state index contributed by atoms with van der Waals surface area (Å²) < 4.78 is 13.7. The second-order valence-corrected chi connectivity index (χ2v) is 2.10. The highest BCUT2D eigenvalue weighted by Gasteiger charge is 2.01. The van der Waals surface area contributed by atoms with Gasteiger partial charge in [-0.15, -0.1) is 0 Å². The highest BCUT2D eigenvalue weighted by molar-refractivity contribution is 5.59. The quantitative estimate of drug-likeness (QED) is 0.464. The van der Waals surface area contributed by atoms with Crippen molar-refractivity contribution in [1.29, 1.82) is 0 Å². The smallest absolute Gasteiger partial charge is 0.438 e. The van der Waals surface area contributed by atoms with Crippen LogP contribution in [-0.2, 0) is 14.2 Å². The maximum absolute atomic E-state index is 10.4. The number of rotatable bonds is 4. The lowest BCUT2D eigenvalue weighted by molar-refractivity contribution is -0.0682. The molecule has 0 saturated carbocycles. The monoisotopic (exact) mass is 162 g/mol. The Hall–Kier alpha value is -0.770. The zero-order valence-corrected chi connectivity index (χ0v) is 7.12. The molecule has 0 aromatic heterocycles. The molecular weight excluding hydrogens is 148 g/mol. The first kappa shape index (κ1) is 10.2. The molecule has 0 aliphatic carbocycles. The van der Waals surface area contributed by atoms with Gasteiger partial charge in [-0.2, -0.15) is 0 Å². The summed E-state index contributed by atoms with van der Waals surface area (Å²) in [6, 6.07) is 0. The molecule has 0 radical (unpaired) electrons. The van der Waals surface area contributed by atoms with Crippen molar-refractivity contribution in [2.75, 3.05) is 13.9 Å². The predicted molar refractivity (Wildman–Crippen MR) is 39.2 cm³/mol. The third kappa shape index (κ3) is 5.66. The summed E-state index contributed by atoms with van der Waals surface area (Å²) in [7, 11) is 1.26. The van der Waals surface area contributed by atoms with E-state index in [4.69, 9.17) is 4.74 Å². The summed E-state index contributed by atoms with van der Waals surface area (Å²) >= 11 is 0. The summed E-state index contributed by atoms with van der Waals surface area (Å²) in [4.78, 5) is 10.4. The zero-order valence-electron chi connectivity index (χ0n) is 7.12. The fraction of sp³-hybridized carbons (Fsp3) is 0.857. The number of ether oxygens (including phenoxy) is 3. The van der Waals surface area contributed by atoms with Crippen LogP contribution < -0.4 is 0 Å². The van der Waals surface area contributed by atoms with E-state index >= 15 is 0 Å². The van der Waals surface area contributed by atoms with Crippen molar-refractivity contribution < 1.29 is 19.0 Å². The van der Waals surface area contributed by atoms with E-state index in [1.54, 1.807) is 0 Å². The van der Waals surface area contributed by atoms with Gasteiger partial charge in [0.1, 0.15) is 0 Å². The molecule has 0 aliphatic heterocycles. The number of carbonyl (C=O) groups is 1. The van der Waals surface area contributed by atoms with Gasteiger partial charge < -0.3 is 14.2 Å². The molecule has 0 amide bonds. The number of methoxy groups -OCH3 is 1. The second-order valence-electron chi connectivity index (χ2n) is 2.10. The summed E-state index contributed by atoms with van der Waals surface area (Å²) in [5.41, 5.74) is 0. The van der Waals surface area contributed by atoms with E-state index in [1.807, 2.05) is 13.8 Å². The lowest BCUT2D eigenvalue weighted by Crippen LogP contribution is -2.13. The Kier molecular flexibility index (Phi) is 5.56. The molecule has 0 aliphatic rings. The van der Waals surface area contributed by atoms with Gasteiger partial charge in [-0.1, -0.05) is 6.92 Å². The third-order valence-corrected chi connectivity index (χ3v) is 1.27. The summed E-state index contributed by atoms with van der Waals surface area (Å²) in [5, 5.41) is 0. The molecule has 0 rings (SSSR count). The minimum Gasteiger partial charge on any atom is -0.438 e. The van der Waals surface area contributed by atoms with E-state index in [0.717, 1.165) is 6.42 Å². The Morgan fingerprint density at radius 1 is 1.55 bits per heavy atom. The Labute approximate surface area is 66.4 Å². The lowest BCUT2D eigenvalue weighted by atomic mass is 10.3. The first-order valence-corrected chi connectivity index (χ1v) is 3.53.